The molecule has 0 saturated carbocycles. The van der Waals surface area contributed by atoms with Gasteiger partial charge in [-0.05, 0) is 117 Å². The highest BCUT2D eigenvalue weighted by atomic mass is 16.4. The Labute approximate surface area is 387 Å². The van der Waals surface area contributed by atoms with E-state index in [2.05, 4.69) is 235 Å². The van der Waals surface area contributed by atoms with Gasteiger partial charge in [-0.1, -0.05) is 152 Å². The van der Waals surface area contributed by atoms with E-state index in [1.807, 2.05) is 0 Å². The van der Waals surface area contributed by atoms with Gasteiger partial charge in [0.2, 0.25) is 0 Å². The molecule has 4 heteroatoms. The fourth-order valence-electron chi connectivity index (χ4n) is 10.0. The van der Waals surface area contributed by atoms with Crippen molar-refractivity contribution in [2.75, 3.05) is 9.80 Å². The molecule has 0 amide bonds. The molecule has 9 aromatic carbocycles. The van der Waals surface area contributed by atoms with Crippen LogP contribution in [-0.4, -0.2) is 0 Å². The summed E-state index contributed by atoms with van der Waals surface area (Å²) in [6.07, 6.45) is 0. The van der Waals surface area contributed by atoms with Gasteiger partial charge in [0.05, 0.1) is 11.4 Å². The first-order chi connectivity index (χ1) is 32.0. The number of anilines is 6. The molecular formula is C62H56N2O2. The molecule has 0 atom stereocenters. The summed E-state index contributed by atoms with van der Waals surface area (Å²) in [4.78, 5) is 4.76. The zero-order valence-electron chi connectivity index (χ0n) is 39.2. The van der Waals surface area contributed by atoms with Crippen molar-refractivity contribution < 1.29 is 8.83 Å². The lowest BCUT2D eigenvalue weighted by atomic mass is 9.98. The number of nitrogens with zero attached hydrogens (tertiary/aromatic N) is 2. The predicted octanol–water partition coefficient (Wildman–Crippen LogP) is 19.2. The highest BCUT2D eigenvalue weighted by Gasteiger charge is 2.25. The zero-order chi connectivity index (χ0) is 45.4. The molecule has 66 heavy (non-hydrogen) atoms. The number of rotatable bonds is 10. The second-order valence-corrected chi connectivity index (χ2v) is 19.3. The third-order valence-corrected chi connectivity index (χ3v) is 13.8. The van der Waals surface area contributed by atoms with Crippen molar-refractivity contribution in [3.05, 3.63) is 192 Å². The van der Waals surface area contributed by atoms with Crippen LogP contribution in [0, 0.1) is 0 Å². The molecular weight excluding hydrogens is 805 g/mol. The lowest BCUT2D eigenvalue weighted by Gasteiger charge is -2.27. The molecule has 0 aliphatic carbocycles. The van der Waals surface area contributed by atoms with Gasteiger partial charge in [0, 0.05) is 67.2 Å². The van der Waals surface area contributed by atoms with E-state index < -0.39 is 0 Å². The predicted molar refractivity (Wildman–Crippen MR) is 282 cm³/mol. The Morgan fingerprint density at radius 1 is 0.303 bits per heavy atom. The zero-order valence-corrected chi connectivity index (χ0v) is 39.2. The van der Waals surface area contributed by atoms with Crippen molar-refractivity contribution in [2.24, 2.45) is 0 Å². The molecule has 4 nitrogen and oxygen atoms in total. The quantitative estimate of drug-likeness (QED) is 0.137. The van der Waals surface area contributed by atoms with Crippen molar-refractivity contribution in [1.29, 1.82) is 0 Å². The molecule has 2 heterocycles. The molecule has 0 N–H and O–H groups in total. The Kier molecular flexibility index (Phi) is 10.2. The van der Waals surface area contributed by atoms with Crippen LogP contribution in [0.25, 0.3) is 65.4 Å². The molecule has 11 rings (SSSR count). The molecule has 0 fully saturated rings. The molecule has 326 valence electrons. The Bertz CT molecular complexity index is 3230. The van der Waals surface area contributed by atoms with Crippen LogP contribution in [-0.2, 0) is 0 Å². The van der Waals surface area contributed by atoms with Crippen molar-refractivity contribution in [2.45, 2.75) is 79.1 Å². The smallest absolute Gasteiger partial charge is 0.178 e. The summed E-state index contributed by atoms with van der Waals surface area (Å²) in [6, 6.07) is 62.5. The Hall–Kier alpha value is -7.30. The van der Waals surface area contributed by atoms with E-state index >= 15 is 0 Å². The largest absolute Gasteiger partial charge is 0.452 e. The minimum atomic E-state index is 0.438. The lowest BCUT2D eigenvalue weighted by Crippen LogP contribution is -2.11. The van der Waals surface area contributed by atoms with Gasteiger partial charge in [-0.2, -0.15) is 0 Å². The first-order valence-corrected chi connectivity index (χ1v) is 23.7. The summed E-state index contributed by atoms with van der Waals surface area (Å²) < 4.78 is 14.3. The van der Waals surface area contributed by atoms with E-state index in [4.69, 9.17) is 8.83 Å². The molecule has 0 aliphatic heterocycles. The van der Waals surface area contributed by atoms with Gasteiger partial charge >= 0.3 is 0 Å². The monoisotopic (exact) mass is 860 g/mol. The Morgan fingerprint density at radius 2 is 0.576 bits per heavy atom. The fraction of sp³-hybridized carbons (Fsp3) is 0.194. The lowest BCUT2D eigenvalue weighted by molar-refractivity contribution is 0.633. The summed E-state index contributed by atoms with van der Waals surface area (Å²) in [5, 5.41) is 8.82. The second kappa shape index (κ2) is 16.3. The van der Waals surface area contributed by atoms with Gasteiger partial charge in [0.15, 0.2) is 11.2 Å². The number of hydrogen-bond acceptors (Lipinski definition) is 4. The standard InChI is InChI=1S/C62H56N2O2/c1-37(2)41-17-25-45(26-18-41)63(46-27-19-42(20-28-46)38(3)4)55-35-57-59(51-15-11-9-13-49(51)55)53-33-34-54-60-52-16-12-10-14-50(52)56(36-58(60)66-62(54)61(53)65-57)64(47-29-21-43(22-30-47)39(5)6)48-31-23-44(24-32-48)40(7)8/h9-40H,1-8H3. The van der Waals surface area contributed by atoms with Crippen LogP contribution < -0.4 is 9.80 Å². The number of fused-ring (bicyclic) bond motifs is 11. The SMILES string of the molecule is CC(C)c1ccc(N(c2ccc(C(C)C)cc2)c2cc3oc4c(ccc5c4oc4cc(N(c6ccc(C(C)C)cc6)c6ccc(C(C)C)cc6)c6ccccc6c45)c3c3ccccc23)cc1. The normalized spacial score (nSPS) is 12.2. The molecule has 0 bridgehead atoms. The summed E-state index contributed by atoms with van der Waals surface area (Å²) in [6.45, 7) is 18.0. The van der Waals surface area contributed by atoms with Crippen LogP contribution in [0.3, 0.4) is 0 Å². The van der Waals surface area contributed by atoms with Crippen LogP contribution >= 0.6 is 0 Å². The molecule has 0 aliphatic rings. The van der Waals surface area contributed by atoms with Crippen LogP contribution in [0.4, 0.5) is 34.1 Å². The first-order valence-electron chi connectivity index (χ1n) is 23.7. The van der Waals surface area contributed by atoms with Gasteiger partial charge in [-0.15, -0.1) is 0 Å². The van der Waals surface area contributed by atoms with E-state index in [1.54, 1.807) is 0 Å². The van der Waals surface area contributed by atoms with Gasteiger partial charge in [-0.25, -0.2) is 0 Å². The summed E-state index contributed by atoms with van der Waals surface area (Å²) in [5.74, 6) is 1.75. The van der Waals surface area contributed by atoms with Gasteiger partial charge in [-0.3, -0.25) is 0 Å². The average Bonchev–Trinajstić information content (AvgIpc) is 3.91. The Balaban J connectivity index is 1.14. The highest BCUT2D eigenvalue weighted by Crippen LogP contribution is 2.49. The highest BCUT2D eigenvalue weighted by molar-refractivity contribution is 6.29. The van der Waals surface area contributed by atoms with Crippen LogP contribution in [0.1, 0.15) is 101 Å². The Morgan fingerprint density at radius 3 is 0.848 bits per heavy atom. The minimum Gasteiger partial charge on any atom is -0.452 e. The van der Waals surface area contributed by atoms with Crippen LogP contribution in [0.15, 0.2) is 179 Å². The molecule has 0 unspecified atom stereocenters. The van der Waals surface area contributed by atoms with Crippen molar-refractivity contribution >= 4 is 99.5 Å². The molecule has 0 spiro atoms. The van der Waals surface area contributed by atoms with Crippen LogP contribution in [0.2, 0.25) is 0 Å². The summed E-state index contributed by atoms with van der Waals surface area (Å²) in [5.41, 5.74) is 14.9. The van der Waals surface area contributed by atoms with E-state index in [9.17, 15) is 0 Å². The number of furan rings is 2. The minimum absolute atomic E-state index is 0.438. The van der Waals surface area contributed by atoms with E-state index in [0.29, 0.717) is 23.7 Å². The van der Waals surface area contributed by atoms with E-state index in [1.165, 1.54) is 22.3 Å². The maximum Gasteiger partial charge on any atom is 0.178 e. The van der Waals surface area contributed by atoms with Gasteiger partial charge in [0.25, 0.3) is 0 Å². The van der Waals surface area contributed by atoms with Crippen molar-refractivity contribution in [3.63, 3.8) is 0 Å². The maximum atomic E-state index is 7.13. The van der Waals surface area contributed by atoms with Crippen molar-refractivity contribution in [3.8, 4) is 0 Å². The maximum absolute atomic E-state index is 7.13. The molecule has 0 saturated heterocycles. The second-order valence-electron chi connectivity index (χ2n) is 19.3. The fourth-order valence-corrected chi connectivity index (χ4v) is 10.0. The molecule has 11 aromatic rings. The molecule has 2 aromatic heterocycles. The third-order valence-electron chi connectivity index (χ3n) is 13.8. The van der Waals surface area contributed by atoms with E-state index in [-0.39, 0.29) is 0 Å². The van der Waals surface area contributed by atoms with Gasteiger partial charge < -0.3 is 18.6 Å². The number of benzene rings is 9. The average molecular weight is 861 g/mol. The van der Waals surface area contributed by atoms with E-state index in [0.717, 1.165) is 99.5 Å². The van der Waals surface area contributed by atoms with Crippen molar-refractivity contribution in [1.82, 2.24) is 0 Å². The number of hydrogen-bond donors (Lipinski definition) is 0. The third kappa shape index (κ3) is 6.90. The summed E-state index contributed by atoms with van der Waals surface area (Å²) >= 11 is 0. The van der Waals surface area contributed by atoms with Gasteiger partial charge in [0.1, 0.15) is 11.2 Å². The van der Waals surface area contributed by atoms with Crippen LogP contribution in [0.5, 0.6) is 0 Å². The topological polar surface area (TPSA) is 32.8 Å². The molecule has 0 radical (unpaired) electrons. The first kappa shape index (κ1) is 41.4. The summed E-state index contributed by atoms with van der Waals surface area (Å²) in [7, 11) is 0.